The molecule has 31 heavy (non-hydrogen) atoms. The number of anilines is 2. The number of benzene rings is 3. The van der Waals surface area contributed by atoms with Crippen molar-refractivity contribution in [3.8, 4) is 5.75 Å². The Morgan fingerprint density at radius 1 is 0.935 bits per heavy atom. The SMILES string of the molecule is COc1ccc(N(CC(=O)Nc2ccccc2C(=O)O)S(=O)(=O)c2ccccc2)cc1. The van der Waals surface area contributed by atoms with Gasteiger partial charge in [0.2, 0.25) is 5.91 Å². The molecule has 0 saturated carbocycles. The van der Waals surface area contributed by atoms with Crippen LogP contribution in [-0.4, -0.2) is 39.1 Å². The van der Waals surface area contributed by atoms with E-state index in [1.165, 1.54) is 49.6 Å². The number of hydrogen-bond acceptors (Lipinski definition) is 5. The second-order valence-corrected chi connectivity index (χ2v) is 8.28. The van der Waals surface area contributed by atoms with Crippen LogP contribution < -0.4 is 14.4 Å². The molecule has 0 aliphatic rings. The Kier molecular flexibility index (Phi) is 6.56. The number of carbonyl (C=O) groups excluding carboxylic acids is 1. The lowest BCUT2D eigenvalue weighted by Crippen LogP contribution is -2.38. The lowest BCUT2D eigenvalue weighted by atomic mass is 10.2. The summed E-state index contributed by atoms with van der Waals surface area (Å²) in [6.07, 6.45) is 0. The van der Waals surface area contributed by atoms with Gasteiger partial charge in [-0.1, -0.05) is 30.3 Å². The maximum atomic E-state index is 13.3. The fourth-order valence-corrected chi connectivity index (χ4v) is 4.32. The Hall–Kier alpha value is -3.85. The lowest BCUT2D eigenvalue weighted by molar-refractivity contribution is -0.114. The molecular weight excluding hydrogens is 420 g/mol. The second kappa shape index (κ2) is 9.31. The van der Waals surface area contributed by atoms with E-state index in [9.17, 15) is 23.1 Å². The molecule has 3 aromatic carbocycles. The number of ether oxygens (including phenoxy) is 1. The number of carboxylic acid groups (broad SMARTS) is 1. The van der Waals surface area contributed by atoms with Crippen LogP contribution >= 0.6 is 0 Å². The minimum atomic E-state index is -4.07. The Bertz CT molecular complexity index is 1180. The third-order valence-corrected chi connectivity index (χ3v) is 6.20. The molecule has 2 N–H and O–H groups in total. The van der Waals surface area contributed by atoms with E-state index in [4.69, 9.17) is 4.74 Å². The molecule has 0 saturated heterocycles. The van der Waals surface area contributed by atoms with Crippen LogP contribution in [0.1, 0.15) is 10.4 Å². The summed E-state index contributed by atoms with van der Waals surface area (Å²) in [5, 5.41) is 11.8. The number of aromatic carboxylic acids is 1. The summed E-state index contributed by atoms with van der Waals surface area (Å²) in [6, 6.07) is 19.8. The average Bonchev–Trinajstić information content (AvgIpc) is 2.78. The van der Waals surface area contributed by atoms with Gasteiger partial charge >= 0.3 is 5.97 Å². The molecule has 0 fully saturated rings. The fraction of sp³-hybridized carbons (Fsp3) is 0.0909. The highest BCUT2D eigenvalue weighted by Gasteiger charge is 2.27. The molecule has 160 valence electrons. The average molecular weight is 440 g/mol. The summed E-state index contributed by atoms with van der Waals surface area (Å²) in [7, 11) is -2.59. The van der Waals surface area contributed by atoms with Crippen LogP contribution in [0, 0.1) is 0 Å². The first-order chi connectivity index (χ1) is 14.8. The highest BCUT2D eigenvalue weighted by molar-refractivity contribution is 7.92. The summed E-state index contributed by atoms with van der Waals surface area (Å²) in [5.74, 6) is -1.37. The number of carbonyl (C=O) groups is 2. The maximum absolute atomic E-state index is 13.3. The van der Waals surface area contributed by atoms with Crippen molar-refractivity contribution < 1.29 is 27.9 Å². The number of sulfonamides is 1. The topological polar surface area (TPSA) is 113 Å². The minimum Gasteiger partial charge on any atom is -0.497 e. The number of para-hydroxylation sites is 1. The predicted octanol–water partition coefficient (Wildman–Crippen LogP) is 3.23. The molecule has 9 heteroatoms. The second-order valence-electron chi connectivity index (χ2n) is 6.42. The molecule has 0 heterocycles. The molecule has 0 aliphatic heterocycles. The summed E-state index contributed by atoms with van der Waals surface area (Å²) in [6.45, 7) is -0.558. The van der Waals surface area contributed by atoms with Crippen molar-refractivity contribution in [2.24, 2.45) is 0 Å². The number of amides is 1. The van der Waals surface area contributed by atoms with E-state index in [1.54, 1.807) is 36.4 Å². The van der Waals surface area contributed by atoms with Crippen LogP contribution in [0.4, 0.5) is 11.4 Å². The van der Waals surface area contributed by atoms with Gasteiger partial charge in [0.25, 0.3) is 10.0 Å². The van der Waals surface area contributed by atoms with E-state index < -0.39 is 28.4 Å². The molecule has 0 spiro atoms. The molecule has 1 amide bonds. The lowest BCUT2D eigenvalue weighted by Gasteiger charge is -2.24. The summed E-state index contributed by atoms with van der Waals surface area (Å²) < 4.78 is 32.6. The molecule has 3 aromatic rings. The van der Waals surface area contributed by atoms with Crippen LogP contribution in [0.5, 0.6) is 5.75 Å². The number of nitrogens with one attached hydrogen (secondary N) is 1. The van der Waals surface area contributed by atoms with Crippen molar-refractivity contribution in [2.45, 2.75) is 4.90 Å². The first-order valence-electron chi connectivity index (χ1n) is 9.17. The minimum absolute atomic E-state index is 0.0181. The van der Waals surface area contributed by atoms with Crippen molar-refractivity contribution in [1.29, 1.82) is 0 Å². The summed E-state index contributed by atoms with van der Waals surface area (Å²) in [5.41, 5.74) is 0.232. The highest BCUT2D eigenvalue weighted by Crippen LogP contribution is 2.26. The van der Waals surface area contributed by atoms with Crippen LogP contribution in [0.3, 0.4) is 0 Å². The number of methoxy groups -OCH3 is 1. The maximum Gasteiger partial charge on any atom is 0.337 e. The van der Waals surface area contributed by atoms with Gasteiger partial charge in [-0.2, -0.15) is 0 Å². The van der Waals surface area contributed by atoms with Gasteiger partial charge in [-0.3, -0.25) is 9.10 Å². The molecular formula is C22H20N2O6S. The van der Waals surface area contributed by atoms with Gasteiger partial charge in [0.1, 0.15) is 12.3 Å². The van der Waals surface area contributed by atoms with Gasteiger partial charge < -0.3 is 15.2 Å². The largest absolute Gasteiger partial charge is 0.497 e. The van der Waals surface area contributed by atoms with Gasteiger partial charge in [-0.15, -0.1) is 0 Å². The van der Waals surface area contributed by atoms with Gasteiger partial charge in [0.15, 0.2) is 0 Å². The normalized spacial score (nSPS) is 10.9. The summed E-state index contributed by atoms with van der Waals surface area (Å²) in [4.78, 5) is 24.1. The van der Waals surface area contributed by atoms with E-state index in [1.807, 2.05) is 0 Å². The molecule has 0 aliphatic carbocycles. The van der Waals surface area contributed by atoms with Gasteiger partial charge in [-0.05, 0) is 48.5 Å². The van der Waals surface area contributed by atoms with Gasteiger partial charge in [-0.25, -0.2) is 13.2 Å². The van der Waals surface area contributed by atoms with Gasteiger partial charge in [0, 0.05) is 0 Å². The van der Waals surface area contributed by atoms with E-state index >= 15 is 0 Å². The van der Waals surface area contributed by atoms with Crippen molar-refractivity contribution >= 4 is 33.3 Å². The van der Waals surface area contributed by atoms with Crippen molar-refractivity contribution in [3.05, 3.63) is 84.4 Å². The molecule has 0 unspecified atom stereocenters. The zero-order chi connectivity index (χ0) is 22.4. The molecule has 8 nitrogen and oxygen atoms in total. The first-order valence-corrected chi connectivity index (χ1v) is 10.6. The van der Waals surface area contributed by atoms with Crippen LogP contribution in [-0.2, 0) is 14.8 Å². The Morgan fingerprint density at radius 3 is 2.16 bits per heavy atom. The van der Waals surface area contributed by atoms with Crippen molar-refractivity contribution in [1.82, 2.24) is 0 Å². The van der Waals surface area contributed by atoms with Gasteiger partial charge in [0.05, 0.1) is 28.9 Å². The van der Waals surface area contributed by atoms with Crippen molar-refractivity contribution in [2.75, 3.05) is 23.3 Å². The van der Waals surface area contributed by atoms with Crippen LogP contribution in [0.15, 0.2) is 83.8 Å². The summed E-state index contributed by atoms with van der Waals surface area (Å²) >= 11 is 0. The van der Waals surface area contributed by atoms with Crippen LogP contribution in [0.2, 0.25) is 0 Å². The third kappa shape index (κ3) is 5.01. The van der Waals surface area contributed by atoms with E-state index in [0.717, 1.165) is 4.31 Å². The molecule has 3 rings (SSSR count). The number of hydrogen-bond donors (Lipinski definition) is 2. The smallest absolute Gasteiger partial charge is 0.337 e. The third-order valence-electron chi connectivity index (χ3n) is 4.41. The number of carboxylic acids is 1. The quantitative estimate of drug-likeness (QED) is 0.556. The number of nitrogens with zero attached hydrogens (tertiary/aromatic N) is 1. The van der Waals surface area contributed by atoms with E-state index in [0.29, 0.717) is 5.75 Å². The van der Waals surface area contributed by atoms with E-state index in [-0.39, 0.29) is 21.8 Å². The Morgan fingerprint density at radius 2 is 1.55 bits per heavy atom. The van der Waals surface area contributed by atoms with E-state index in [2.05, 4.69) is 5.32 Å². The first kappa shape index (κ1) is 21.8. The fourth-order valence-electron chi connectivity index (χ4n) is 2.88. The molecule has 0 radical (unpaired) electrons. The Labute approximate surface area is 179 Å². The Balaban J connectivity index is 1.95. The monoisotopic (exact) mass is 440 g/mol. The number of rotatable bonds is 8. The van der Waals surface area contributed by atoms with Crippen LogP contribution in [0.25, 0.3) is 0 Å². The zero-order valence-electron chi connectivity index (χ0n) is 16.6. The predicted molar refractivity (Wildman–Crippen MR) is 116 cm³/mol. The molecule has 0 atom stereocenters. The zero-order valence-corrected chi connectivity index (χ0v) is 17.4. The standard InChI is InChI=1S/C22H20N2O6S/c1-30-17-13-11-16(12-14-17)24(31(28,29)18-7-3-2-4-8-18)15-21(25)23-20-10-6-5-9-19(20)22(26)27/h2-14H,15H2,1H3,(H,23,25)(H,26,27). The highest BCUT2D eigenvalue weighted by atomic mass is 32.2. The molecule has 0 aromatic heterocycles. The van der Waals surface area contributed by atoms with Crippen molar-refractivity contribution in [3.63, 3.8) is 0 Å². The molecule has 0 bridgehead atoms.